The molecule has 1 saturated carbocycles. The average Bonchev–Trinajstić information content (AvgIpc) is 3.69. The number of hydrogen-bond acceptors (Lipinski definition) is 6. The van der Waals surface area contributed by atoms with Crippen molar-refractivity contribution in [2.24, 2.45) is 11.8 Å². The lowest BCUT2D eigenvalue weighted by Crippen LogP contribution is -2.56. The van der Waals surface area contributed by atoms with Crippen LogP contribution >= 0.6 is 11.3 Å². The molecule has 0 bridgehead atoms. The highest BCUT2D eigenvalue weighted by atomic mass is 32.1. The molecule has 5 rings (SSSR count). The molecule has 1 aromatic carbocycles. The molecule has 3 heterocycles. The Morgan fingerprint density at radius 1 is 1.11 bits per heavy atom. The maximum atomic E-state index is 14.1. The Kier molecular flexibility index (Phi) is 7.58. The minimum Gasteiger partial charge on any atom is -0.340 e. The first-order valence-corrected chi connectivity index (χ1v) is 14.3. The standard InChI is InChI=1S/C29H35N3O4S/c1-17(2)14-22(31-28(35)20-11-9-18(10-12-20)25-8-5-13-37-25)29(36)32-23(27(34)19-6-3-4-7-19)15-21-26(32)24(33)16-30-21/h5,8-13,17,19,21-23,26,30H,3-4,6-7,14-16H2,1-2H3,(H,31,35). The van der Waals surface area contributed by atoms with Crippen LogP contribution in [0.15, 0.2) is 41.8 Å². The lowest BCUT2D eigenvalue weighted by molar-refractivity contribution is -0.145. The number of nitrogens with zero attached hydrogens (tertiary/aromatic N) is 1. The summed E-state index contributed by atoms with van der Waals surface area (Å²) in [5.41, 5.74) is 1.50. The van der Waals surface area contributed by atoms with E-state index in [9.17, 15) is 19.2 Å². The number of thiophene rings is 1. The highest BCUT2D eigenvalue weighted by Gasteiger charge is 2.54. The lowest BCUT2D eigenvalue weighted by atomic mass is 9.94. The smallest absolute Gasteiger partial charge is 0.251 e. The SMILES string of the molecule is CC(C)CC(NC(=O)c1ccc(-c2cccs2)cc1)C(=O)N1C(C(=O)C2CCCC2)CC2NCC(=O)C21. The first-order valence-electron chi connectivity index (χ1n) is 13.4. The Balaban J connectivity index is 1.37. The molecule has 2 amide bonds. The molecule has 3 aliphatic rings. The second-order valence-electron chi connectivity index (χ2n) is 11.0. The molecule has 4 unspecified atom stereocenters. The summed E-state index contributed by atoms with van der Waals surface area (Å²) in [4.78, 5) is 56.3. The summed E-state index contributed by atoms with van der Waals surface area (Å²) in [5, 5.41) is 8.17. The third-order valence-corrected chi connectivity index (χ3v) is 8.88. The highest BCUT2D eigenvalue weighted by molar-refractivity contribution is 7.13. The molecule has 2 aliphatic heterocycles. The van der Waals surface area contributed by atoms with E-state index in [2.05, 4.69) is 10.6 Å². The van der Waals surface area contributed by atoms with Gasteiger partial charge < -0.3 is 15.5 Å². The molecule has 2 aromatic rings. The zero-order valence-electron chi connectivity index (χ0n) is 21.4. The van der Waals surface area contributed by atoms with E-state index in [1.807, 2.05) is 43.5 Å². The van der Waals surface area contributed by atoms with Crippen molar-refractivity contribution in [1.82, 2.24) is 15.5 Å². The maximum absolute atomic E-state index is 14.1. The zero-order chi connectivity index (χ0) is 26.1. The first kappa shape index (κ1) is 25.8. The van der Waals surface area contributed by atoms with Crippen molar-refractivity contribution in [2.75, 3.05) is 6.54 Å². The first-order chi connectivity index (χ1) is 17.8. The Hall–Kier alpha value is -2.84. The Morgan fingerprint density at radius 2 is 1.84 bits per heavy atom. The summed E-state index contributed by atoms with van der Waals surface area (Å²) in [6.07, 6.45) is 4.64. The number of amides is 2. The Morgan fingerprint density at radius 3 is 2.49 bits per heavy atom. The number of hydrogen-bond donors (Lipinski definition) is 2. The molecule has 1 aromatic heterocycles. The van der Waals surface area contributed by atoms with Gasteiger partial charge in [-0.05, 0) is 60.7 Å². The molecular weight excluding hydrogens is 486 g/mol. The largest absolute Gasteiger partial charge is 0.340 e. The van der Waals surface area contributed by atoms with Crippen molar-refractivity contribution < 1.29 is 19.2 Å². The highest BCUT2D eigenvalue weighted by Crippen LogP contribution is 2.35. The predicted molar refractivity (Wildman–Crippen MR) is 143 cm³/mol. The molecule has 196 valence electrons. The number of carbonyl (C=O) groups is 4. The van der Waals surface area contributed by atoms with Gasteiger partial charge in [-0.3, -0.25) is 19.2 Å². The number of ketones is 2. The zero-order valence-corrected chi connectivity index (χ0v) is 22.3. The molecule has 0 spiro atoms. The van der Waals surface area contributed by atoms with Crippen LogP contribution < -0.4 is 10.6 Å². The lowest BCUT2D eigenvalue weighted by Gasteiger charge is -2.33. The fraction of sp³-hybridized carbons (Fsp3) is 0.517. The van der Waals surface area contributed by atoms with Gasteiger partial charge in [-0.25, -0.2) is 0 Å². The van der Waals surface area contributed by atoms with Gasteiger partial charge in [0.05, 0.1) is 12.6 Å². The number of fused-ring (bicyclic) bond motifs is 1. The van der Waals surface area contributed by atoms with Crippen molar-refractivity contribution in [3.63, 3.8) is 0 Å². The summed E-state index contributed by atoms with van der Waals surface area (Å²) < 4.78 is 0. The molecule has 3 fully saturated rings. The average molecular weight is 522 g/mol. The molecule has 2 saturated heterocycles. The van der Waals surface area contributed by atoms with Crippen molar-refractivity contribution in [3.05, 3.63) is 47.3 Å². The number of nitrogens with one attached hydrogen (secondary N) is 2. The van der Waals surface area contributed by atoms with Crippen LogP contribution in [0.1, 0.15) is 62.7 Å². The van der Waals surface area contributed by atoms with Gasteiger partial charge in [0.2, 0.25) is 5.91 Å². The van der Waals surface area contributed by atoms with Gasteiger partial charge in [0, 0.05) is 22.4 Å². The molecule has 1 aliphatic carbocycles. The second-order valence-corrected chi connectivity index (χ2v) is 11.9. The van der Waals surface area contributed by atoms with Crippen molar-refractivity contribution in [1.29, 1.82) is 0 Å². The van der Waals surface area contributed by atoms with E-state index < -0.39 is 18.1 Å². The quantitative estimate of drug-likeness (QED) is 0.551. The third-order valence-electron chi connectivity index (χ3n) is 7.97. The van der Waals surface area contributed by atoms with E-state index in [0.29, 0.717) is 18.4 Å². The normalized spacial score (nSPS) is 24.5. The van der Waals surface area contributed by atoms with E-state index >= 15 is 0 Å². The van der Waals surface area contributed by atoms with E-state index in [-0.39, 0.29) is 47.8 Å². The third kappa shape index (κ3) is 5.27. The summed E-state index contributed by atoms with van der Waals surface area (Å²) in [6.45, 7) is 4.21. The van der Waals surface area contributed by atoms with Crippen molar-refractivity contribution >= 4 is 34.7 Å². The minimum absolute atomic E-state index is 0.0470. The topological polar surface area (TPSA) is 95.6 Å². The predicted octanol–water partition coefficient (Wildman–Crippen LogP) is 3.83. The Bertz CT molecular complexity index is 1150. The number of benzene rings is 1. The molecule has 8 heteroatoms. The van der Waals surface area contributed by atoms with Crippen LogP contribution in [0.4, 0.5) is 0 Å². The number of Topliss-reactive ketones (excluding diaryl/α,β-unsaturated/α-hetero) is 2. The molecule has 2 N–H and O–H groups in total. The molecule has 4 atom stereocenters. The molecule has 0 radical (unpaired) electrons. The van der Waals surface area contributed by atoms with E-state index in [1.54, 1.807) is 28.4 Å². The van der Waals surface area contributed by atoms with Gasteiger partial charge in [0.1, 0.15) is 12.1 Å². The van der Waals surface area contributed by atoms with Crippen LogP contribution in [0, 0.1) is 11.8 Å². The van der Waals surface area contributed by atoms with E-state index in [4.69, 9.17) is 0 Å². The summed E-state index contributed by atoms with van der Waals surface area (Å²) in [5.74, 6) is -0.544. The fourth-order valence-electron chi connectivity index (χ4n) is 6.15. The van der Waals surface area contributed by atoms with Crippen molar-refractivity contribution in [2.45, 2.75) is 76.5 Å². The van der Waals surface area contributed by atoms with E-state index in [0.717, 1.165) is 36.1 Å². The van der Waals surface area contributed by atoms with Crippen molar-refractivity contribution in [3.8, 4) is 10.4 Å². The number of rotatable bonds is 8. The van der Waals surface area contributed by atoms with Crippen LogP contribution in [-0.2, 0) is 14.4 Å². The van der Waals surface area contributed by atoms with Crippen LogP contribution in [0.5, 0.6) is 0 Å². The molecule has 37 heavy (non-hydrogen) atoms. The number of likely N-dealkylation sites (tertiary alicyclic amines) is 1. The van der Waals surface area contributed by atoms with Gasteiger partial charge in [-0.2, -0.15) is 0 Å². The van der Waals surface area contributed by atoms with Gasteiger partial charge >= 0.3 is 0 Å². The molecular formula is C29H35N3O4S. The van der Waals surface area contributed by atoms with Crippen LogP contribution in [0.25, 0.3) is 10.4 Å². The van der Waals surface area contributed by atoms with Crippen LogP contribution in [0.3, 0.4) is 0 Å². The Labute approximate surface area is 222 Å². The number of carbonyl (C=O) groups excluding carboxylic acids is 4. The summed E-state index contributed by atoms with van der Waals surface area (Å²) in [6, 6.07) is 9.10. The monoisotopic (exact) mass is 521 g/mol. The van der Waals surface area contributed by atoms with Gasteiger partial charge in [-0.1, -0.05) is 44.9 Å². The van der Waals surface area contributed by atoms with Gasteiger partial charge in [0.15, 0.2) is 11.6 Å². The van der Waals surface area contributed by atoms with Gasteiger partial charge in [-0.15, -0.1) is 11.3 Å². The fourth-order valence-corrected chi connectivity index (χ4v) is 6.88. The minimum atomic E-state index is -0.810. The van der Waals surface area contributed by atoms with Crippen LogP contribution in [0.2, 0.25) is 0 Å². The van der Waals surface area contributed by atoms with Crippen LogP contribution in [-0.4, -0.2) is 59.0 Å². The van der Waals surface area contributed by atoms with Gasteiger partial charge in [0.25, 0.3) is 5.91 Å². The second kappa shape index (κ2) is 10.9. The molecule has 7 nitrogen and oxygen atoms in total. The summed E-state index contributed by atoms with van der Waals surface area (Å²) in [7, 11) is 0. The maximum Gasteiger partial charge on any atom is 0.251 e. The van der Waals surface area contributed by atoms with E-state index in [1.165, 1.54) is 0 Å². The summed E-state index contributed by atoms with van der Waals surface area (Å²) >= 11 is 1.63.